The first-order chi connectivity index (χ1) is 10.3. The first-order valence-corrected chi connectivity index (χ1v) is 7.84. The van der Waals surface area contributed by atoms with Gasteiger partial charge < -0.3 is 10.1 Å². The quantitative estimate of drug-likeness (QED) is 0.817. The van der Waals surface area contributed by atoms with Gasteiger partial charge in [0.15, 0.2) is 0 Å². The molecule has 1 aliphatic carbocycles. The maximum absolute atomic E-state index is 5.98. The summed E-state index contributed by atoms with van der Waals surface area (Å²) in [6, 6.07) is 16.0. The molecule has 1 fully saturated rings. The van der Waals surface area contributed by atoms with Crippen molar-refractivity contribution in [1.82, 2.24) is 5.32 Å². The first-order valence-electron chi connectivity index (χ1n) is 7.46. The summed E-state index contributed by atoms with van der Waals surface area (Å²) in [6.07, 6.45) is 2.77. The van der Waals surface area contributed by atoms with Crippen LogP contribution in [-0.4, -0.2) is 6.54 Å². The smallest absolute Gasteiger partial charge is 0.120 e. The Bertz CT molecular complexity index is 595. The van der Waals surface area contributed by atoms with Crippen LogP contribution < -0.4 is 10.1 Å². The highest BCUT2D eigenvalue weighted by Gasteiger charge is 2.20. The predicted molar refractivity (Wildman–Crippen MR) is 86.7 cm³/mol. The van der Waals surface area contributed by atoms with Crippen LogP contribution in [0, 0.1) is 5.92 Å². The Morgan fingerprint density at radius 2 is 1.86 bits per heavy atom. The van der Waals surface area contributed by atoms with Gasteiger partial charge in [-0.05, 0) is 60.7 Å². The minimum atomic E-state index is 0.541. The number of hydrogen-bond acceptors (Lipinski definition) is 2. The molecule has 110 valence electrons. The van der Waals surface area contributed by atoms with E-state index in [1.54, 1.807) is 0 Å². The number of halogens is 1. The molecule has 0 bridgehead atoms. The van der Waals surface area contributed by atoms with Crippen molar-refractivity contribution in [3.05, 3.63) is 64.7 Å². The van der Waals surface area contributed by atoms with Gasteiger partial charge in [0, 0.05) is 11.6 Å². The van der Waals surface area contributed by atoms with E-state index in [0.29, 0.717) is 6.61 Å². The third-order valence-corrected chi connectivity index (χ3v) is 3.89. The Labute approximate surface area is 131 Å². The lowest BCUT2D eigenvalue weighted by atomic mass is 10.2. The largest absolute Gasteiger partial charge is 0.489 e. The summed E-state index contributed by atoms with van der Waals surface area (Å²) in [4.78, 5) is 0. The van der Waals surface area contributed by atoms with Crippen molar-refractivity contribution in [2.45, 2.75) is 26.0 Å². The maximum atomic E-state index is 5.98. The van der Waals surface area contributed by atoms with Crippen LogP contribution in [0.5, 0.6) is 5.75 Å². The van der Waals surface area contributed by atoms with Gasteiger partial charge in [-0.1, -0.05) is 35.9 Å². The number of hydrogen-bond donors (Lipinski definition) is 1. The zero-order valence-electron chi connectivity index (χ0n) is 12.0. The Balaban J connectivity index is 1.52. The third kappa shape index (κ3) is 4.76. The molecule has 0 heterocycles. The minimum Gasteiger partial charge on any atom is -0.489 e. The summed E-state index contributed by atoms with van der Waals surface area (Å²) < 4.78 is 5.84. The van der Waals surface area contributed by atoms with E-state index in [1.165, 1.54) is 18.4 Å². The number of nitrogens with one attached hydrogen (secondary N) is 1. The molecule has 1 N–H and O–H groups in total. The van der Waals surface area contributed by atoms with Crippen molar-refractivity contribution in [1.29, 1.82) is 0 Å². The lowest BCUT2D eigenvalue weighted by Crippen LogP contribution is -2.16. The zero-order valence-corrected chi connectivity index (χ0v) is 12.8. The molecule has 0 atom stereocenters. The number of rotatable bonds is 7. The standard InChI is InChI=1S/C18H20ClNO/c19-17-5-1-4-16(9-17)13-21-18-6-2-3-15(10-18)12-20-11-14-7-8-14/h1-6,9-10,14,20H,7-8,11-13H2. The molecule has 21 heavy (non-hydrogen) atoms. The van der Waals surface area contributed by atoms with Crippen LogP contribution in [0.3, 0.4) is 0 Å². The van der Waals surface area contributed by atoms with Crippen LogP contribution in [0.4, 0.5) is 0 Å². The second-order valence-corrected chi connectivity index (χ2v) is 6.08. The van der Waals surface area contributed by atoms with E-state index in [1.807, 2.05) is 36.4 Å². The van der Waals surface area contributed by atoms with Gasteiger partial charge >= 0.3 is 0 Å². The number of benzene rings is 2. The summed E-state index contributed by atoms with van der Waals surface area (Å²) in [5.41, 5.74) is 2.35. The molecule has 3 heteroatoms. The molecule has 0 spiro atoms. The van der Waals surface area contributed by atoms with Crippen LogP contribution in [0.25, 0.3) is 0 Å². The molecule has 2 nitrogen and oxygen atoms in total. The molecule has 3 rings (SSSR count). The lowest BCUT2D eigenvalue weighted by molar-refractivity contribution is 0.306. The zero-order chi connectivity index (χ0) is 14.5. The minimum absolute atomic E-state index is 0.541. The van der Waals surface area contributed by atoms with Gasteiger partial charge in [-0.2, -0.15) is 0 Å². The Hall–Kier alpha value is -1.51. The van der Waals surface area contributed by atoms with E-state index in [0.717, 1.165) is 35.3 Å². The molecule has 1 saturated carbocycles. The van der Waals surface area contributed by atoms with Crippen molar-refractivity contribution in [3.63, 3.8) is 0 Å². The topological polar surface area (TPSA) is 21.3 Å². The summed E-state index contributed by atoms with van der Waals surface area (Å²) in [7, 11) is 0. The molecule has 0 saturated heterocycles. The molecule has 0 radical (unpaired) electrons. The monoisotopic (exact) mass is 301 g/mol. The molecule has 2 aromatic carbocycles. The molecule has 0 aliphatic heterocycles. The van der Waals surface area contributed by atoms with E-state index in [9.17, 15) is 0 Å². The summed E-state index contributed by atoms with van der Waals surface area (Å²) in [6.45, 7) is 2.58. The van der Waals surface area contributed by atoms with E-state index in [-0.39, 0.29) is 0 Å². The highest BCUT2D eigenvalue weighted by Crippen LogP contribution is 2.27. The molecule has 0 unspecified atom stereocenters. The summed E-state index contributed by atoms with van der Waals surface area (Å²) in [5.74, 6) is 1.81. The van der Waals surface area contributed by atoms with Gasteiger partial charge in [0.1, 0.15) is 12.4 Å². The van der Waals surface area contributed by atoms with Crippen molar-refractivity contribution < 1.29 is 4.74 Å². The van der Waals surface area contributed by atoms with Gasteiger partial charge in [-0.15, -0.1) is 0 Å². The Morgan fingerprint density at radius 1 is 1.05 bits per heavy atom. The second-order valence-electron chi connectivity index (χ2n) is 5.64. The Kier molecular flexibility index (Phi) is 4.79. The van der Waals surface area contributed by atoms with E-state index < -0.39 is 0 Å². The van der Waals surface area contributed by atoms with E-state index >= 15 is 0 Å². The fraction of sp³-hybridized carbons (Fsp3) is 0.333. The lowest BCUT2D eigenvalue weighted by Gasteiger charge is -2.09. The number of ether oxygens (including phenoxy) is 1. The van der Waals surface area contributed by atoms with Crippen molar-refractivity contribution >= 4 is 11.6 Å². The van der Waals surface area contributed by atoms with Crippen molar-refractivity contribution in [3.8, 4) is 5.75 Å². The molecular formula is C18H20ClNO. The molecule has 1 aliphatic rings. The van der Waals surface area contributed by atoms with Gasteiger partial charge in [-0.25, -0.2) is 0 Å². The molecule has 0 amide bonds. The van der Waals surface area contributed by atoms with Crippen LogP contribution >= 0.6 is 11.6 Å². The molecule has 2 aromatic rings. The summed E-state index contributed by atoms with van der Waals surface area (Å²) >= 11 is 5.98. The molecular weight excluding hydrogens is 282 g/mol. The fourth-order valence-electron chi connectivity index (χ4n) is 2.28. The Morgan fingerprint density at radius 3 is 2.67 bits per heavy atom. The molecule has 0 aromatic heterocycles. The second kappa shape index (κ2) is 6.97. The fourth-order valence-corrected chi connectivity index (χ4v) is 2.49. The highest BCUT2D eigenvalue weighted by atomic mass is 35.5. The average Bonchev–Trinajstić information content (AvgIpc) is 3.30. The van der Waals surface area contributed by atoms with Gasteiger partial charge in [0.2, 0.25) is 0 Å². The van der Waals surface area contributed by atoms with Gasteiger partial charge in [0.25, 0.3) is 0 Å². The van der Waals surface area contributed by atoms with E-state index in [4.69, 9.17) is 16.3 Å². The maximum Gasteiger partial charge on any atom is 0.120 e. The average molecular weight is 302 g/mol. The van der Waals surface area contributed by atoms with Gasteiger partial charge in [0.05, 0.1) is 0 Å². The van der Waals surface area contributed by atoms with Crippen LogP contribution in [0.15, 0.2) is 48.5 Å². The van der Waals surface area contributed by atoms with Gasteiger partial charge in [-0.3, -0.25) is 0 Å². The van der Waals surface area contributed by atoms with Crippen LogP contribution in [0.1, 0.15) is 24.0 Å². The predicted octanol–water partition coefficient (Wildman–Crippen LogP) is 4.42. The normalized spacial score (nSPS) is 14.1. The first kappa shape index (κ1) is 14.4. The van der Waals surface area contributed by atoms with E-state index in [2.05, 4.69) is 17.4 Å². The van der Waals surface area contributed by atoms with Crippen LogP contribution in [0.2, 0.25) is 5.02 Å². The summed E-state index contributed by atoms with van der Waals surface area (Å²) in [5, 5.41) is 4.24. The third-order valence-electron chi connectivity index (χ3n) is 3.65. The van der Waals surface area contributed by atoms with Crippen LogP contribution in [-0.2, 0) is 13.2 Å². The van der Waals surface area contributed by atoms with Crippen molar-refractivity contribution in [2.75, 3.05) is 6.54 Å². The van der Waals surface area contributed by atoms with Crippen molar-refractivity contribution in [2.24, 2.45) is 5.92 Å². The highest BCUT2D eigenvalue weighted by molar-refractivity contribution is 6.30. The SMILES string of the molecule is Clc1cccc(COc2cccc(CNCC3CC3)c2)c1.